The highest BCUT2D eigenvalue weighted by molar-refractivity contribution is 9.10. The molecule has 2 aromatic rings. The van der Waals surface area contributed by atoms with Gasteiger partial charge in [0.2, 0.25) is 0 Å². The van der Waals surface area contributed by atoms with Crippen LogP contribution in [0.15, 0.2) is 22.7 Å². The summed E-state index contributed by atoms with van der Waals surface area (Å²) < 4.78 is 3.45. The van der Waals surface area contributed by atoms with Crippen molar-refractivity contribution >= 4 is 38.6 Å². The molecule has 0 atom stereocenters. The molecule has 0 bridgehead atoms. The number of imidazole rings is 1. The van der Waals surface area contributed by atoms with Crippen molar-refractivity contribution in [1.82, 2.24) is 9.55 Å². The predicted octanol–water partition coefficient (Wildman–Crippen LogP) is 5.51. The minimum Gasteiger partial charge on any atom is -0.326 e. The summed E-state index contributed by atoms with van der Waals surface area (Å²) in [4.78, 5) is 4.69. The number of benzene rings is 1. The molecule has 0 N–H and O–H groups in total. The SMILES string of the molecule is CCC1(Cn2c(CCl)nc3ccc(Br)cc32)CCCC1. The third-order valence-corrected chi connectivity index (χ3v) is 5.55. The van der Waals surface area contributed by atoms with Gasteiger partial charge in [0.1, 0.15) is 5.82 Å². The van der Waals surface area contributed by atoms with E-state index in [1.807, 2.05) is 6.07 Å². The zero-order chi connectivity index (χ0) is 14.2. The van der Waals surface area contributed by atoms with E-state index < -0.39 is 0 Å². The molecule has 0 spiro atoms. The van der Waals surface area contributed by atoms with Crippen LogP contribution in [0.5, 0.6) is 0 Å². The van der Waals surface area contributed by atoms with E-state index >= 15 is 0 Å². The topological polar surface area (TPSA) is 17.8 Å². The number of halogens is 2. The summed E-state index contributed by atoms with van der Waals surface area (Å²) in [6.07, 6.45) is 6.63. The van der Waals surface area contributed by atoms with Gasteiger partial charge in [0.15, 0.2) is 0 Å². The van der Waals surface area contributed by atoms with E-state index in [9.17, 15) is 0 Å². The number of fused-ring (bicyclic) bond motifs is 1. The van der Waals surface area contributed by atoms with Crippen LogP contribution in [0.25, 0.3) is 11.0 Å². The average Bonchev–Trinajstić information content (AvgIpc) is 3.05. The van der Waals surface area contributed by atoms with Gasteiger partial charge in [0.05, 0.1) is 16.9 Å². The molecule has 2 nitrogen and oxygen atoms in total. The zero-order valence-electron chi connectivity index (χ0n) is 11.8. The summed E-state index contributed by atoms with van der Waals surface area (Å²) in [6.45, 7) is 3.37. The van der Waals surface area contributed by atoms with Gasteiger partial charge in [-0.05, 0) is 42.9 Å². The lowest BCUT2D eigenvalue weighted by molar-refractivity contribution is 0.238. The van der Waals surface area contributed by atoms with Crippen molar-refractivity contribution in [1.29, 1.82) is 0 Å². The second-order valence-corrected chi connectivity index (χ2v) is 7.12. The summed E-state index contributed by atoms with van der Waals surface area (Å²) in [5, 5.41) is 0. The number of hydrogen-bond acceptors (Lipinski definition) is 1. The van der Waals surface area contributed by atoms with Gasteiger partial charge in [-0.2, -0.15) is 0 Å². The molecule has 0 aliphatic heterocycles. The molecule has 20 heavy (non-hydrogen) atoms. The van der Waals surface area contributed by atoms with Gasteiger partial charge in [0, 0.05) is 11.0 Å². The van der Waals surface area contributed by atoms with E-state index in [2.05, 4.69) is 44.5 Å². The third-order valence-electron chi connectivity index (χ3n) is 4.82. The lowest BCUT2D eigenvalue weighted by Gasteiger charge is -2.29. The quantitative estimate of drug-likeness (QED) is 0.661. The summed E-state index contributed by atoms with van der Waals surface area (Å²) in [5.41, 5.74) is 2.69. The third kappa shape index (κ3) is 2.50. The van der Waals surface area contributed by atoms with Crippen molar-refractivity contribution in [2.75, 3.05) is 0 Å². The first-order valence-corrected chi connectivity index (χ1v) is 8.71. The molecule has 4 heteroatoms. The Morgan fingerprint density at radius 2 is 2.10 bits per heavy atom. The van der Waals surface area contributed by atoms with Crippen LogP contribution in [0.2, 0.25) is 0 Å². The minimum absolute atomic E-state index is 0.441. The maximum atomic E-state index is 6.12. The highest BCUT2D eigenvalue weighted by atomic mass is 79.9. The molecular weight excluding hydrogens is 336 g/mol. The molecule has 3 rings (SSSR count). The maximum absolute atomic E-state index is 6.12. The number of nitrogens with zero attached hydrogens (tertiary/aromatic N) is 2. The normalized spacial score (nSPS) is 17.9. The van der Waals surface area contributed by atoms with Crippen LogP contribution in [0, 0.1) is 5.41 Å². The van der Waals surface area contributed by atoms with Gasteiger partial charge < -0.3 is 4.57 Å². The fourth-order valence-corrected chi connectivity index (χ4v) is 4.06. The van der Waals surface area contributed by atoms with Crippen molar-refractivity contribution in [2.24, 2.45) is 5.41 Å². The molecular formula is C16H20BrClN2. The van der Waals surface area contributed by atoms with Crippen molar-refractivity contribution in [3.8, 4) is 0 Å². The minimum atomic E-state index is 0.441. The fourth-order valence-electron chi connectivity index (χ4n) is 3.51. The van der Waals surface area contributed by atoms with Crippen LogP contribution >= 0.6 is 27.5 Å². The standard InChI is InChI=1S/C16H20BrClN2/c1-2-16(7-3-4-8-16)11-20-14-9-12(17)5-6-13(14)19-15(20)10-18/h5-6,9H,2-4,7-8,10-11H2,1H3. The average molecular weight is 356 g/mol. The van der Waals surface area contributed by atoms with E-state index in [-0.39, 0.29) is 0 Å². The van der Waals surface area contributed by atoms with Gasteiger partial charge in [-0.15, -0.1) is 11.6 Å². The molecule has 0 radical (unpaired) electrons. The van der Waals surface area contributed by atoms with Crippen LogP contribution in [-0.2, 0) is 12.4 Å². The summed E-state index contributed by atoms with van der Waals surface area (Å²) in [5.74, 6) is 1.48. The Hall–Kier alpha value is -0.540. The smallest absolute Gasteiger partial charge is 0.124 e. The zero-order valence-corrected chi connectivity index (χ0v) is 14.2. The van der Waals surface area contributed by atoms with Crippen LogP contribution in [0.3, 0.4) is 0 Å². The summed E-state index contributed by atoms with van der Waals surface area (Å²) in [6, 6.07) is 6.28. The first kappa shape index (κ1) is 14.4. The van der Waals surface area contributed by atoms with E-state index in [1.54, 1.807) is 0 Å². The van der Waals surface area contributed by atoms with Gasteiger partial charge in [0.25, 0.3) is 0 Å². The van der Waals surface area contributed by atoms with E-state index in [1.165, 1.54) is 37.6 Å². The van der Waals surface area contributed by atoms with Crippen LogP contribution in [0.1, 0.15) is 44.9 Å². The van der Waals surface area contributed by atoms with Crippen molar-refractivity contribution < 1.29 is 0 Å². The molecule has 1 fully saturated rings. The number of aromatic nitrogens is 2. The Kier molecular flexibility index (Phi) is 4.09. The summed E-state index contributed by atoms with van der Waals surface area (Å²) in [7, 11) is 0. The molecule has 1 saturated carbocycles. The summed E-state index contributed by atoms with van der Waals surface area (Å²) >= 11 is 9.69. The second kappa shape index (κ2) is 5.69. The first-order chi connectivity index (χ1) is 9.67. The lowest BCUT2D eigenvalue weighted by atomic mass is 9.83. The number of rotatable bonds is 4. The van der Waals surface area contributed by atoms with Crippen molar-refractivity contribution in [3.05, 3.63) is 28.5 Å². The molecule has 108 valence electrons. The second-order valence-electron chi connectivity index (χ2n) is 5.94. The monoisotopic (exact) mass is 354 g/mol. The van der Waals surface area contributed by atoms with E-state index in [0.29, 0.717) is 11.3 Å². The molecule has 0 amide bonds. The Morgan fingerprint density at radius 3 is 2.75 bits per heavy atom. The van der Waals surface area contributed by atoms with Crippen LogP contribution in [0.4, 0.5) is 0 Å². The van der Waals surface area contributed by atoms with Crippen LogP contribution < -0.4 is 0 Å². The van der Waals surface area contributed by atoms with E-state index in [0.717, 1.165) is 22.4 Å². The van der Waals surface area contributed by atoms with Gasteiger partial charge in [-0.3, -0.25) is 0 Å². The van der Waals surface area contributed by atoms with Gasteiger partial charge >= 0.3 is 0 Å². The Morgan fingerprint density at radius 1 is 1.35 bits per heavy atom. The first-order valence-electron chi connectivity index (χ1n) is 7.38. The number of alkyl halides is 1. The molecule has 1 aliphatic rings. The Labute approximate surface area is 133 Å². The molecule has 1 aromatic carbocycles. The van der Waals surface area contributed by atoms with Crippen LogP contribution in [-0.4, -0.2) is 9.55 Å². The van der Waals surface area contributed by atoms with Crippen molar-refractivity contribution in [2.45, 2.75) is 51.5 Å². The molecule has 1 heterocycles. The lowest BCUT2D eigenvalue weighted by Crippen LogP contribution is -2.23. The highest BCUT2D eigenvalue weighted by Crippen LogP contribution is 2.43. The molecule has 0 saturated heterocycles. The Bertz CT molecular complexity index is 614. The predicted molar refractivity (Wildman–Crippen MR) is 88.2 cm³/mol. The fraction of sp³-hybridized carbons (Fsp3) is 0.562. The maximum Gasteiger partial charge on any atom is 0.124 e. The Balaban J connectivity index is 2.06. The molecule has 1 aromatic heterocycles. The highest BCUT2D eigenvalue weighted by Gasteiger charge is 2.33. The van der Waals surface area contributed by atoms with Crippen molar-refractivity contribution in [3.63, 3.8) is 0 Å². The number of hydrogen-bond donors (Lipinski definition) is 0. The largest absolute Gasteiger partial charge is 0.326 e. The van der Waals surface area contributed by atoms with Gasteiger partial charge in [-0.1, -0.05) is 35.7 Å². The molecule has 0 unspecified atom stereocenters. The molecule has 1 aliphatic carbocycles. The van der Waals surface area contributed by atoms with Gasteiger partial charge in [-0.25, -0.2) is 4.98 Å². The van der Waals surface area contributed by atoms with E-state index in [4.69, 9.17) is 11.6 Å².